The zero-order chi connectivity index (χ0) is 21.1. The highest BCUT2D eigenvalue weighted by Gasteiger charge is 2.16. The zero-order valence-electron chi connectivity index (χ0n) is 17.3. The normalized spacial score (nSPS) is 10.9. The van der Waals surface area contributed by atoms with Crippen LogP contribution in [0.5, 0.6) is 0 Å². The highest BCUT2D eigenvalue weighted by atomic mass is 16.1. The molecule has 0 spiro atoms. The second kappa shape index (κ2) is 8.32. The van der Waals surface area contributed by atoms with Crippen LogP contribution in [0, 0.1) is 13.8 Å². The van der Waals surface area contributed by atoms with Crippen LogP contribution in [0.4, 0.5) is 0 Å². The number of amides is 1. The molecule has 7 nitrogen and oxygen atoms in total. The molecule has 4 rings (SSSR count). The lowest BCUT2D eigenvalue weighted by atomic mass is 10.1. The minimum Gasteiger partial charge on any atom is -0.352 e. The van der Waals surface area contributed by atoms with Crippen molar-refractivity contribution in [3.05, 3.63) is 83.6 Å². The van der Waals surface area contributed by atoms with Gasteiger partial charge >= 0.3 is 0 Å². The van der Waals surface area contributed by atoms with Gasteiger partial charge in [0, 0.05) is 54.6 Å². The molecule has 0 bridgehead atoms. The first kappa shape index (κ1) is 19.6. The molecule has 0 radical (unpaired) electrons. The molecular formula is C23H24N6O. The second-order valence-electron chi connectivity index (χ2n) is 7.25. The Labute approximate surface area is 175 Å². The smallest absolute Gasteiger partial charge is 0.224 e. The van der Waals surface area contributed by atoms with E-state index in [4.69, 9.17) is 5.10 Å². The summed E-state index contributed by atoms with van der Waals surface area (Å²) in [5, 5.41) is 12.2. The molecule has 0 unspecified atom stereocenters. The number of carbonyl (C=O) groups is 1. The van der Waals surface area contributed by atoms with Crippen molar-refractivity contribution in [2.24, 2.45) is 7.05 Å². The molecule has 1 N–H and O–H groups in total. The van der Waals surface area contributed by atoms with Crippen LogP contribution in [-0.2, 0) is 24.8 Å². The fourth-order valence-corrected chi connectivity index (χ4v) is 3.50. The standard InChI is InChI=1S/C23H24N6O/c1-16-21(17(2)28(3)26-16)13-22(30)25-14-19-15-29(20-7-5-4-6-8-20)27-23(19)18-9-11-24-12-10-18/h4-12,15H,13-14H2,1-3H3,(H,25,30). The number of para-hydroxylation sites is 1. The molecule has 7 heteroatoms. The minimum absolute atomic E-state index is 0.0395. The van der Waals surface area contributed by atoms with Gasteiger partial charge in [0.2, 0.25) is 5.91 Å². The number of nitrogens with one attached hydrogen (secondary N) is 1. The van der Waals surface area contributed by atoms with E-state index in [2.05, 4.69) is 15.4 Å². The first-order valence-corrected chi connectivity index (χ1v) is 9.83. The lowest BCUT2D eigenvalue weighted by Crippen LogP contribution is -2.25. The Kier molecular flexibility index (Phi) is 5.43. The van der Waals surface area contributed by atoms with Crippen molar-refractivity contribution < 1.29 is 4.79 Å². The van der Waals surface area contributed by atoms with E-state index in [-0.39, 0.29) is 5.91 Å². The summed E-state index contributed by atoms with van der Waals surface area (Å²) in [6.07, 6.45) is 5.76. The van der Waals surface area contributed by atoms with Crippen molar-refractivity contribution in [2.75, 3.05) is 0 Å². The van der Waals surface area contributed by atoms with E-state index in [1.807, 2.05) is 78.9 Å². The Morgan fingerprint density at radius 1 is 1.03 bits per heavy atom. The van der Waals surface area contributed by atoms with Gasteiger partial charge < -0.3 is 5.32 Å². The third-order valence-corrected chi connectivity index (χ3v) is 5.24. The maximum Gasteiger partial charge on any atom is 0.224 e. The van der Waals surface area contributed by atoms with Crippen molar-refractivity contribution in [3.63, 3.8) is 0 Å². The van der Waals surface area contributed by atoms with Gasteiger partial charge in [-0.2, -0.15) is 10.2 Å². The van der Waals surface area contributed by atoms with E-state index < -0.39 is 0 Å². The molecule has 30 heavy (non-hydrogen) atoms. The van der Waals surface area contributed by atoms with Crippen molar-refractivity contribution in [2.45, 2.75) is 26.8 Å². The number of aryl methyl sites for hydroxylation is 2. The largest absolute Gasteiger partial charge is 0.352 e. The third-order valence-electron chi connectivity index (χ3n) is 5.24. The van der Waals surface area contributed by atoms with Gasteiger partial charge in [-0.15, -0.1) is 0 Å². The van der Waals surface area contributed by atoms with Gasteiger partial charge in [0.25, 0.3) is 0 Å². The van der Waals surface area contributed by atoms with Crippen LogP contribution in [0.15, 0.2) is 61.1 Å². The number of nitrogens with zero attached hydrogens (tertiary/aromatic N) is 5. The lowest BCUT2D eigenvalue weighted by Gasteiger charge is -2.06. The van der Waals surface area contributed by atoms with Crippen LogP contribution in [0.25, 0.3) is 16.9 Å². The first-order valence-electron chi connectivity index (χ1n) is 9.83. The monoisotopic (exact) mass is 400 g/mol. The van der Waals surface area contributed by atoms with Crippen LogP contribution < -0.4 is 5.32 Å². The van der Waals surface area contributed by atoms with Crippen molar-refractivity contribution in [1.29, 1.82) is 0 Å². The molecule has 1 amide bonds. The van der Waals surface area contributed by atoms with Crippen LogP contribution in [0.2, 0.25) is 0 Å². The number of aromatic nitrogens is 5. The number of hydrogen-bond donors (Lipinski definition) is 1. The Hall–Kier alpha value is -3.74. The van der Waals surface area contributed by atoms with Crippen molar-refractivity contribution in [3.8, 4) is 16.9 Å². The van der Waals surface area contributed by atoms with Crippen molar-refractivity contribution >= 4 is 5.91 Å². The van der Waals surface area contributed by atoms with Crippen LogP contribution >= 0.6 is 0 Å². The number of pyridine rings is 1. The number of rotatable bonds is 6. The van der Waals surface area contributed by atoms with Crippen LogP contribution in [0.1, 0.15) is 22.5 Å². The zero-order valence-corrected chi connectivity index (χ0v) is 17.3. The molecule has 0 fully saturated rings. The predicted octanol–water partition coefficient (Wildman–Crippen LogP) is 3.14. The molecule has 1 aromatic carbocycles. The fourth-order valence-electron chi connectivity index (χ4n) is 3.50. The van der Waals surface area contributed by atoms with Crippen LogP contribution in [0.3, 0.4) is 0 Å². The average molecular weight is 400 g/mol. The molecule has 0 aliphatic rings. The lowest BCUT2D eigenvalue weighted by molar-refractivity contribution is -0.120. The Morgan fingerprint density at radius 2 is 1.77 bits per heavy atom. The minimum atomic E-state index is -0.0395. The average Bonchev–Trinajstić information content (AvgIpc) is 3.30. The van der Waals surface area contributed by atoms with Gasteiger partial charge in [-0.25, -0.2) is 4.68 Å². The van der Waals surface area contributed by atoms with Gasteiger partial charge in [0.15, 0.2) is 0 Å². The van der Waals surface area contributed by atoms with Gasteiger partial charge in [0.1, 0.15) is 0 Å². The van der Waals surface area contributed by atoms with Gasteiger partial charge in [-0.3, -0.25) is 14.5 Å². The molecule has 0 saturated carbocycles. The summed E-state index contributed by atoms with van der Waals surface area (Å²) in [4.78, 5) is 16.7. The Bertz CT molecular complexity index is 1160. The van der Waals surface area contributed by atoms with Gasteiger partial charge in [-0.1, -0.05) is 18.2 Å². The Morgan fingerprint density at radius 3 is 2.43 bits per heavy atom. The Balaban J connectivity index is 1.57. The van der Waals surface area contributed by atoms with E-state index in [0.717, 1.165) is 39.5 Å². The second-order valence-corrected chi connectivity index (χ2v) is 7.25. The summed E-state index contributed by atoms with van der Waals surface area (Å²) in [6.45, 7) is 4.30. The summed E-state index contributed by atoms with van der Waals surface area (Å²) in [5.41, 5.74) is 6.57. The quantitative estimate of drug-likeness (QED) is 0.539. The van der Waals surface area contributed by atoms with Crippen LogP contribution in [-0.4, -0.2) is 30.5 Å². The van der Waals surface area contributed by atoms with Gasteiger partial charge in [0.05, 0.1) is 23.5 Å². The van der Waals surface area contributed by atoms with E-state index >= 15 is 0 Å². The summed E-state index contributed by atoms with van der Waals surface area (Å²) >= 11 is 0. The molecule has 0 atom stereocenters. The molecule has 3 heterocycles. The SMILES string of the molecule is Cc1nn(C)c(C)c1CC(=O)NCc1cn(-c2ccccc2)nc1-c1ccncc1. The number of carbonyl (C=O) groups excluding carboxylic acids is 1. The summed E-state index contributed by atoms with van der Waals surface area (Å²) in [6, 6.07) is 13.8. The molecular weight excluding hydrogens is 376 g/mol. The van der Waals surface area contributed by atoms with E-state index in [9.17, 15) is 4.79 Å². The molecule has 0 saturated heterocycles. The molecule has 0 aliphatic carbocycles. The highest BCUT2D eigenvalue weighted by molar-refractivity contribution is 5.79. The molecule has 0 aliphatic heterocycles. The fraction of sp³-hybridized carbons (Fsp3) is 0.217. The molecule has 3 aromatic heterocycles. The van der Waals surface area contributed by atoms with Crippen molar-refractivity contribution in [1.82, 2.24) is 29.9 Å². The van der Waals surface area contributed by atoms with Gasteiger partial charge in [-0.05, 0) is 38.1 Å². The topological polar surface area (TPSA) is 77.6 Å². The summed E-state index contributed by atoms with van der Waals surface area (Å²) in [7, 11) is 1.89. The molecule has 152 valence electrons. The van der Waals surface area contributed by atoms with E-state index in [0.29, 0.717) is 13.0 Å². The van der Waals surface area contributed by atoms with E-state index in [1.165, 1.54) is 0 Å². The number of hydrogen-bond acceptors (Lipinski definition) is 4. The first-order chi connectivity index (χ1) is 14.5. The summed E-state index contributed by atoms with van der Waals surface area (Å²) < 4.78 is 3.65. The number of benzene rings is 1. The highest BCUT2D eigenvalue weighted by Crippen LogP contribution is 2.23. The maximum absolute atomic E-state index is 12.6. The third kappa shape index (κ3) is 4.00. The maximum atomic E-state index is 12.6. The van der Waals surface area contributed by atoms with E-state index in [1.54, 1.807) is 12.4 Å². The molecule has 4 aromatic rings. The predicted molar refractivity (Wildman–Crippen MR) is 115 cm³/mol. The summed E-state index contributed by atoms with van der Waals surface area (Å²) in [5.74, 6) is -0.0395.